The number of hydrogen-bond donors (Lipinski definition) is 1. The summed E-state index contributed by atoms with van der Waals surface area (Å²) in [5.41, 5.74) is 0.707. The molecule has 0 heterocycles. The van der Waals surface area contributed by atoms with Gasteiger partial charge < -0.3 is 24.1 Å². The summed E-state index contributed by atoms with van der Waals surface area (Å²) in [5.74, 6) is -1.17. The van der Waals surface area contributed by atoms with Crippen molar-refractivity contribution < 1.29 is 33.6 Å². The third kappa shape index (κ3) is 6.98. The van der Waals surface area contributed by atoms with Crippen LogP contribution in [0.3, 0.4) is 0 Å². The largest absolute Gasteiger partial charge is 0.459 e. The van der Waals surface area contributed by atoms with Crippen molar-refractivity contribution in [1.82, 2.24) is 0 Å². The van der Waals surface area contributed by atoms with Crippen LogP contribution in [0.1, 0.15) is 34.6 Å². The van der Waals surface area contributed by atoms with Gasteiger partial charge in [-0.2, -0.15) is 0 Å². The van der Waals surface area contributed by atoms with Gasteiger partial charge in [-0.05, 0) is 38.1 Å². The van der Waals surface area contributed by atoms with Crippen LogP contribution in [-0.2, 0) is 18.9 Å². The molecule has 1 N–H and O–H groups in total. The summed E-state index contributed by atoms with van der Waals surface area (Å²) >= 11 is 0. The van der Waals surface area contributed by atoms with E-state index in [0.717, 1.165) is 0 Å². The summed E-state index contributed by atoms with van der Waals surface area (Å²) in [6.45, 7) is 2.87. The first-order valence-corrected chi connectivity index (χ1v) is 9.27. The fraction of sp³-hybridized carbons (Fsp3) is 0.364. The summed E-state index contributed by atoms with van der Waals surface area (Å²) in [6.07, 6.45) is -3.77. The van der Waals surface area contributed by atoms with E-state index in [1.165, 1.54) is 14.0 Å². The molecule has 0 bridgehead atoms. The average Bonchev–Trinajstić information content (AvgIpc) is 2.75. The molecule has 4 atom stereocenters. The molecule has 0 radical (unpaired) electrons. The topological polar surface area (TPSA) is 91.3 Å². The zero-order chi connectivity index (χ0) is 21.2. The van der Waals surface area contributed by atoms with Gasteiger partial charge in [-0.25, -0.2) is 9.59 Å². The summed E-state index contributed by atoms with van der Waals surface area (Å²) in [7, 11) is 1.45. The number of methoxy groups -OCH3 is 1. The van der Waals surface area contributed by atoms with Gasteiger partial charge in [-0.1, -0.05) is 36.4 Å². The number of rotatable bonds is 10. The molecule has 0 saturated carbocycles. The molecule has 0 amide bonds. The molecule has 7 nitrogen and oxygen atoms in total. The summed E-state index contributed by atoms with van der Waals surface area (Å²) in [6, 6.07) is 16.9. The Balaban J connectivity index is 2.13. The number of carbonyl (C=O) groups is 2. The first-order chi connectivity index (χ1) is 13.9. The minimum absolute atomic E-state index is 0.237. The zero-order valence-electron chi connectivity index (χ0n) is 16.7. The van der Waals surface area contributed by atoms with Gasteiger partial charge in [-0.15, -0.1) is 0 Å². The Bertz CT molecular complexity index is 761. The van der Waals surface area contributed by atoms with Gasteiger partial charge in [0.15, 0.2) is 12.4 Å². The maximum Gasteiger partial charge on any atom is 0.338 e. The Kier molecular flexibility index (Phi) is 8.79. The maximum absolute atomic E-state index is 12.5. The van der Waals surface area contributed by atoms with Gasteiger partial charge >= 0.3 is 11.9 Å². The van der Waals surface area contributed by atoms with Crippen molar-refractivity contribution in [2.24, 2.45) is 0 Å². The van der Waals surface area contributed by atoms with Crippen LogP contribution in [0.15, 0.2) is 60.7 Å². The SMILES string of the molecule is COC(C)O[C@H](COC(=O)c1ccccc1)C(OC(=O)c1ccccc1)C(C)O. The van der Waals surface area contributed by atoms with Gasteiger partial charge in [0.05, 0.1) is 17.2 Å². The Hall–Kier alpha value is -2.74. The lowest BCUT2D eigenvalue weighted by Crippen LogP contribution is -2.45. The van der Waals surface area contributed by atoms with E-state index in [0.29, 0.717) is 11.1 Å². The van der Waals surface area contributed by atoms with Crippen LogP contribution >= 0.6 is 0 Å². The number of benzene rings is 2. The predicted octanol–water partition coefficient (Wildman–Crippen LogP) is 2.83. The second-order valence-corrected chi connectivity index (χ2v) is 6.42. The fourth-order valence-corrected chi connectivity index (χ4v) is 2.58. The van der Waals surface area contributed by atoms with Crippen LogP contribution in [0, 0.1) is 0 Å². The van der Waals surface area contributed by atoms with E-state index in [-0.39, 0.29) is 6.61 Å². The molecule has 0 aliphatic heterocycles. The molecular formula is C22H26O7. The smallest absolute Gasteiger partial charge is 0.338 e. The third-order valence-electron chi connectivity index (χ3n) is 4.18. The maximum atomic E-state index is 12.5. The molecule has 156 valence electrons. The van der Waals surface area contributed by atoms with E-state index in [1.807, 2.05) is 0 Å². The van der Waals surface area contributed by atoms with Gasteiger partial charge in [0.25, 0.3) is 0 Å². The second kappa shape index (κ2) is 11.3. The summed E-state index contributed by atoms with van der Waals surface area (Å²) < 4.78 is 21.6. The van der Waals surface area contributed by atoms with Crippen molar-refractivity contribution in [3.63, 3.8) is 0 Å². The zero-order valence-corrected chi connectivity index (χ0v) is 16.7. The van der Waals surface area contributed by atoms with Crippen molar-refractivity contribution in [1.29, 1.82) is 0 Å². The lowest BCUT2D eigenvalue weighted by atomic mass is 10.1. The minimum Gasteiger partial charge on any atom is -0.459 e. The van der Waals surface area contributed by atoms with E-state index < -0.39 is 36.5 Å². The monoisotopic (exact) mass is 402 g/mol. The van der Waals surface area contributed by atoms with Gasteiger partial charge in [0.2, 0.25) is 0 Å². The normalized spacial score (nSPS) is 15.0. The van der Waals surface area contributed by atoms with Crippen molar-refractivity contribution in [2.45, 2.75) is 38.4 Å². The van der Waals surface area contributed by atoms with E-state index in [1.54, 1.807) is 67.6 Å². The minimum atomic E-state index is -1.08. The number of hydrogen-bond acceptors (Lipinski definition) is 7. The van der Waals surface area contributed by atoms with Crippen molar-refractivity contribution in [2.75, 3.05) is 13.7 Å². The van der Waals surface area contributed by atoms with E-state index in [4.69, 9.17) is 18.9 Å². The average molecular weight is 402 g/mol. The number of carbonyl (C=O) groups excluding carboxylic acids is 2. The van der Waals surface area contributed by atoms with Gasteiger partial charge in [0, 0.05) is 7.11 Å². The Morgan fingerprint density at radius 2 is 1.41 bits per heavy atom. The van der Waals surface area contributed by atoms with Gasteiger partial charge in [-0.3, -0.25) is 0 Å². The quantitative estimate of drug-likeness (QED) is 0.483. The molecule has 0 aliphatic rings. The van der Waals surface area contributed by atoms with Crippen molar-refractivity contribution in [3.05, 3.63) is 71.8 Å². The second-order valence-electron chi connectivity index (χ2n) is 6.42. The molecule has 29 heavy (non-hydrogen) atoms. The molecular weight excluding hydrogens is 376 g/mol. The first-order valence-electron chi connectivity index (χ1n) is 9.27. The highest BCUT2D eigenvalue weighted by atomic mass is 16.7. The first kappa shape index (κ1) is 22.5. The van der Waals surface area contributed by atoms with E-state index >= 15 is 0 Å². The van der Waals surface area contributed by atoms with Gasteiger partial charge in [0.1, 0.15) is 12.7 Å². The van der Waals surface area contributed by atoms with Crippen LogP contribution in [-0.4, -0.2) is 55.4 Å². The summed E-state index contributed by atoms with van der Waals surface area (Å²) in [4.78, 5) is 24.7. The number of aliphatic hydroxyl groups is 1. The Morgan fingerprint density at radius 1 is 0.897 bits per heavy atom. The van der Waals surface area contributed by atoms with E-state index in [2.05, 4.69) is 0 Å². The standard InChI is InChI=1S/C22H26O7/c1-15(23)20(29-22(25)18-12-8-5-9-13-18)19(28-16(2)26-3)14-27-21(24)17-10-6-4-7-11-17/h4-13,15-16,19-20,23H,14H2,1-3H3/t15?,16?,19-,20?/m1/s1. The fourth-order valence-electron chi connectivity index (χ4n) is 2.58. The van der Waals surface area contributed by atoms with Crippen LogP contribution in [0.5, 0.6) is 0 Å². The molecule has 0 spiro atoms. The molecule has 0 aliphatic carbocycles. The highest BCUT2D eigenvalue weighted by Gasteiger charge is 2.33. The molecule has 2 aromatic carbocycles. The number of aliphatic hydroxyl groups excluding tert-OH is 1. The third-order valence-corrected chi connectivity index (χ3v) is 4.18. The number of ether oxygens (including phenoxy) is 4. The van der Waals surface area contributed by atoms with Crippen molar-refractivity contribution in [3.8, 4) is 0 Å². The molecule has 0 saturated heterocycles. The van der Waals surface area contributed by atoms with Crippen LogP contribution < -0.4 is 0 Å². The Labute approximate surface area is 170 Å². The molecule has 2 rings (SSSR count). The van der Waals surface area contributed by atoms with E-state index in [9.17, 15) is 14.7 Å². The van der Waals surface area contributed by atoms with Crippen LogP contribution in [0.2, 0.25) is 0 Å². The molecule has 3 unspecified atom stereocenters. The van der Waals surface area contributed by atoms with Crippen LogP contribution in [0.4, 0.5) is 0 Å². The molecule has 0 fully saturated rings. The number of esters is 2. The highest BCUT2D eigenvalue weighted by Crippen LogP contribution is 2.16. The molecule has 0 aromatic heterocycles. The lowest BCUT2D eigenvalue weighted by molar-refractivity contribution is -0.193. The molecule has 7 heteroatoms. The lowest BCUT2D eigenvalue weighted by Gasteiger charge is -2.30. The summed E-state index contributed by atoms with van der Waals surface area (Å²) in [5, 5.41) is 10.2. The Morgan fingerprint density at radius 3 is 1.90 bits per heavy atom. The van der Waals surface area contributed by atoms with Crippen molar-refractivity contribution >= 4 is 11.9 Å². The van der Waals surface area contributed by atoms with Crippen LogP contribution in [0.25, 0.3) is 0 Å². The highest BCUT2D eigenvalue weighted by molar-refractivity contribution is 5.90. The predicted molar refractivity (Wildman–Crippen MR) is 105 cm³/mol. The molecule has 2 aromatic rings.